The summed E-state index contributed by atoms with van der Waals surface area (Å²) in [5.74, 6) is -5.65. The molecule has 0 saturated carbocycles. The monoisotopic (exact) mass is 895 g/mol. The third-order valence-corrected chi connectivity index (χ3v) is 10.4. The lowest BCUT2D eigenvalue weighted by Gasteiger charge is -2.52. The summed E-state index contributed by atoms with van der Waals surface area (Å²) in [6.07, 6.45) is -13.2. The lowest BCUT2D eigenvalue weighted by atomic mass is 9.82. The van der Waals surface area contributed by atoms with Gasteiger partial charge in [-0.1, -0.05) is 12.1 Å². The first-order valence-electron chi connectivity index (χ1n) is 20.7. The highest BCUT2D eigenvalue weighted by Gasteiger charge is 2.58. The zero-order chi connectivity index (χ0) is 47.0. The normalized spacial score (nSPS) is 29.5. The summed E-state index contributed by atoms with van der Waals surface area (Å²) < 4.78 is 63.6. The maximum atomic E-state index is 12.8. The highest BCUT2D eigenvalue weighted by molar-refractivity contribution is 5.69. The number of rotatable bonds is 16. The Hall–Kier alpha value is -4.89. The van der Waals surface area contributed by atoms with Crippen molar-refractivity contribution in [2.45, 2.75) is 181 Å². The molecule has 0 radical (unpaired) electrons. The van der Waals surface area contributed by atoms with Gasteiger partial charge in [0.15, 0.2) is 30.7 Å². The predicted molar refractivity (Wildman–Crippen MR) is 214 cm³/mol. The highest BCUT2D eigenvalue weighted by Crippen LogP contribution is 2.41. The molecule has 3 fully saturated rings. The molecule has 1 aromatic rings. The number of hydroxylamine groups is 2. The zero-order valence-corrected chi connectivity index (χ0v) is 37.9. The van der Waals surface area contributed by atoms with Gasteiger partial charge in [0.25, 0.3) is 0 Å². The van der Waals surface area contributed by atoms with Crippen molar-refractivity contribution < 1.29 is 90.5 Å². The molecule has 0 N–H and O–H groups in total. The second kappa shape index (κ2) is 21.7. The van der Waals surface area contributed by atoms with Gasteiger partial charge in [-0.3, -0.25) is 38.4 Å². The van der Waals surface area contributed by atoms with Crippen molar-refractivity contribution in [3.63, 3.8) is 0 Å². The van der Waals surface area contributed by atoms with Gasteiger partial charge in [-0.05, 0) is 71.6 Å². The van der Waals surface area contributed by atoms with Crippen LogP contribution in [-0.4, -0.2) is 133 Å². The quantitative estimate of drug-likeness (QED) is 0.170. The van der Waals surface area contributed by atoms with Crippen LogP contribution in [0.1, 0.15) is 114 Å². The van der Waals surface area contributed by atoms with Gasteiger partial charge < -0.3 is 52.1 Å². The van der Waals surface area contributed by atoms with Crippen LogP contribution in [0.5, 0.6) is 5.75 Å². The number of benzene rings is 1. The van der Waals surface area contributed by atoms with Gasteiger partial charge in [0.1, 0.15) is 43.4 Å². The number of hydrogen-bond acceptors (Lipinski definition) is 20. The number of ether oxygens (including phenoxy) is 11. The van der Waals surface area contributed by atoms with Crippen molar-refractivity contribution in [2.75, 3.05) is 13.2 Å². The highest BCUT2D eigenvalue weighted by atomic mass is 16.8. The van der Waals surface area contributed by atoms with Crippen LogP contribution < -0.4 is 4.74 Å². The molecule has 3 aliphatic rings. The largest absolute Gasteiger partial charge is 0.463 e. The number of nitrogens with zero attached hydrogens (tertiary/aromatic N) is 1. The molecule has 20 nitrogen and oxygen atoms in total. The van der Waals surface area contributed by atoms with Crippen LogP contribution in [0, 0.1) is 0 Å². The lowest BCUT2D eigenvalue weighted by molar-refractivity contribution is -0.354. The van der Waals surface area contributed by atoms with E-state index in [1.807, 2.05) is 6.92 Å². The summed E-state index contributed by atoms with van der Waals surface area (Å²) in [4.78, 5) is 93.5. The molecule has 0 spiro atoms. The Morgan fingerprint density at radius 3 is 1.43 bits per heavy atom. The summed E-state index contributed by atoms with van der Waals surface area (Å²) in [5.41, 5.74) is 0.431. The fourth-order valence-corrected chi connectivity index (χ4v) is 8.00. The molecule has 0 bridgehead atoms. The molecule has 1 unspecified atom stereocenters. The first kappa shape index (κ1) is 50.8. The fraction of sp³-hybridized carbons (Fsp3) is 0.698. The third kappa shape index (κ3) is 14.0. The Labute approximate surface area is 366 Å². The molecule has 0 amide bonds. The van der Waals surface area contributed by atoms with Gasteiger partial charge in [-0.2, -0.15) is 5.06 Å². The molecule has 0 aliphatic carbocycles. The van der Waals surface area contributed by atoms with E-state index in [4.69, 9.17) is 56.9 Å². The summed E-state index contributed by atoms with van der Waals surface area (Å²) in [5, 5.41) is 2.07. The van der Waals surface area contributed by atoms with Gasteiger partial charge >= 0.3 is 41.8 Å². The van der Waals surface area contributed by atoms with Crippen molar-refractivity contribution in [1.82, 2.24) is 5.06 Å². The standard InChI is InChI=1S/C43H61NO19/c1-22(63-44-42(9,10)18-13-19-43(44,11)12)30-14-16-31(17-15-30)59-40-38(57-28(7)50)37(56-27(6)49)35(33(60-40)21-53-24(3)46)62-41-39(58-29(8)51)36(55-26(5)48)34(54-25(4)47)32(61-41)20-52-23(2)45/h14-17,22,32-41H,13,18-21H2,1-12H3/t22?,32-,33-,34-,35-,36+,37+,38-,39-,40-,41+/m1/s1. The SMILES string of the molecule is CC(=O)OC[C@H]1O[C@@H](O[C@H]2[C@H](OC(C)=O)[C@@H](OC(C)=O)[C@H](Oc3ccc(C(C)ON4C(C)(C)CCCC4(C)C)cc3)O[C@@H]2COC(C)=O)[C@H](OC(C)=O)[C@@H](OC(C)=O)[C@@H]1OC(C)=O. The molecule has 3 saturated heterocycles. The molecular formula is C43H61NO19. The predicted octanol–water partition coefficient (Wildman–Crippen LogP) is 3.72. The molecule has 20 heteroatoms. The molecule has 1 aromatic carbocycles. The molecular weight excluding hydrogens is 834 g/mol. The molecule has 11 atom stereocenters. The van der Waals surface area contributed by atoms with Crippen LogP contribution in [0.3, 0.4) is 0 Å². The van der Waals surface area contributed by atoms with Crippen LogP contribution in [-0.2, 0) is 85.8 Å². The van der Waals surface area contributed by atoms with E-state index in [2.05, 4.69) is 32.8 Å². The zero-order valence-electron chi connectivity index (χ0n) is 37.9. The first-order valence-corrected chi connectivity index (χ1v) is 20.7. The summed E-state index contributed by atoms with van der Waals surface area (Å²) >= 11 is 0. The van der Waals surface area contributed by atoms with E-state index in [-0.39, 0.29) is 22.9 Å². The van der Waals surface area contributed by atoms with Crippen molar-refractivity contribution in [2.24, 2.45) is 0 Å². The number of piperidine rings is 1. The maximum absolute atomic E-state index is 12.8. The summed E-state index contributed by atoms with van der Waals surface area (Å²) in [6.45, 7) is 17.0. The minimum absolute atomic E-state index is 0.196. The van der Waals surface area contributed by atoms with Crippen molar-refractivity contribution in [3.8, 4) is 5.75 Å². The van der Waals surface area contributed by atoms with Gasteiger partial charge in [0, 0.05) is 59.5 Å². The minimum Gasteiger partial charge on any atom is -0.463 e. The number of carbonyl (C=O) groups is 7. The van der Waals surface area contributed by atoms with E-state index in [1.165, 1.54) is 0 Å². The Bertz CT molecular complexity index is 1780. The van der Waals surface area contributed by atoms with Crippen LogP contribution in [0.2, 0.25) is 0 Å². The number of esters is 7. The molecule has 63 heavy (non-hydrogen) atoms. The van der Waals surface area contributed by atoms with Crippen LogP contribution >= 0.6 is 0 Å². The van der Waals surface area contributed by atoms with Gasteiger partial charge in [-0.25, -0.2) is 0 Å². The summed E-state index contributed by atoms with van der Waals surface area (Å²) in [7, 11) is 0. The Morgan fingerprint density at radius 1 is 0.571 bits per heavy atom. The Morgan fingerprint density at radius 2 is 0.968 bits per heavy atom. The van der Waals surface area contributed by atoms with E-state index < -0.39 is 116 Å². The maximum Gasteiger partial charge on any atom is 0.303 e. The number of carbonyl (C=O) groups excluding carboxylic acids is 7. The number of hydrogen-bond donors (Lipinski definition) is 0. The van der Waals surface area contributed by atoms with Crippen molar-refractivity contribution >= 4 is 41.8 Å². The van der Waals surface area contributed by atoms with E-state index in [9.17, 15) is 33.6 Å². The van der Waals surface area contributed by atoms with Crippen molar-refractivity contribution in [3.05, 3.63) is 29.8 Å². The van der Waals surface area contributed by atoms with Gasteiger partial charge in [-0.15, -0.1) is 0 Å². The van der Waals surface area contributed by atoms with Gasteiger partial charge in [0.05, 0.1) is 0 Å². The molecule has 0 aromatic heterocycles. The second-order valence-electron chi connectivity index (χ2n) is 16.9. The minimum atomic E-state index is -1.81. The van der Waals surface area contributed by atoms with E-state index in [0.29, 0.717) is 0 Å². The molecule has 352 valence electrons. The van der Waals surface area contributed by atoms with E-state index in [0.717, 1.165) is 73.3 Å². The van der Waals surface area contributed by atoms with E-state index in [1.54, 1.807) is 24.3 Å². The summed E-state index contributed by atoms with van der Waals surface area (Å²) in [6, 6.07) is 6.89. The van der Waals surface area contributed by atoms with Crippen LogP contribution in [0.4, 0.5) is 0 Å². The first-order chi connectivity index (χ1) is 29.4. The third-order valence-electron chi connectivity index (χ3n) is 10.4. The van der Waals surface area contributed by atoms with Crippen molar-refractivity contribution in [1.29, 1.82) is 0 Å². The topological polar surface area (TPSA) is 233 Å². The molecule has 3 aliphatic heterocycles. The Balaban J connectivity index is 1.73. The van der Waals surface area contributed by atoms with Gasteiger partial charge in [0.2, 0.25) is 12.4 Å². The fourth-order valence-electron chi connectivity index (χ4n) is 8.00. The van der Waals surface area contributed by atoms with E-state index >= 15 is 0 Å². The lowest BCUT2D eigenvalue weighted by Crippen LogP contribution is -2.67. The van der Waals surface area contributed by atoms with Crippen LogP contribution in [0.15, 0.2) is 24.3 Å². The average molecular weight is 896 g/mol. The average Bonchev–Trinajstić information content (AvgIpc) is 3.15. The van der Waals surface area contributed by atoms with Crippen LogP contribution in [0.25, 0.3) is 0 Å². The molecule has 3 heterocycles. The smallest absolute Gasteiger partial charge is 0.303 e. The molecule has 4 rings (SSSR count). The second-order valence-corrected chi connectivity index (χ2v) is 16.9. The Kier molecular flexibility index (Phi) is 17.4.